The highest BCUT2D eigenvalue weighted by Gasteiger charge is 2.30. The zero-order valence-electron chi connectivity index (χ0n) is 23.7. The van der Waals surface area contributed by atoms with E-state index in [1.807, 2.05) is 36.1 Å². The molecule has 2 amide bonds. The van der Waals surface area contributed by atoms with Crippen molar-refractivity contribution >= 4 is 17.5 Å². The van der Waals surface area contributed by atoms with E-state index in [9.17, 15) is 9.59 Å². The molecule has 1 saturated carbocycles. The van der Waals surface area contributed by atoms with Crippen molar-refractivity contribution in [3.05, 3.63) is 59.2 Å². The Kier molecular flexibility index (Phi) is 9.84. The molecule has 2 aromatic carbocycles. The molecule has 0 N–H and O–H groups in total. The van der Waals surface area contributed by atoms with Crippen molar-refractivity contribution in [2.24, 2.45) is 5.92 Å². The van der Waals surface area contributed by atoms with E-state index in [4.69, 9.17) is 4.74 Å². The van der Waals surface area contributed by atoms with Gasteiger partial charge in [0.1, 0.15) is 5.75 Å². The van der Waals surface area contributed by atoms with Gasteiger partial charge in [-0.25, -0.2) is 0 Å². The number of amides is 2. The van der Waals surface area contributed by atoms with Crippen molar-refractivity contribution in [3.63, 3.8) is 0 Å². The van der Waals surface area contributed by atoms with Gasteiger partial charge in [-0.05, 0) is 76.3 Å². The predicted octanol–water partition coefficient (Wildman–Crippen LogP) is 6.06. The first kappa shape index (κ1) is 28.2. The van der Waals surface area contributed by atoms with Crippen molar-refractivity contribution in [3.8, 4) is 5.75 Å². The highest BCUT2D eigenvalue weighted by Crippen LogP contribution is 2.33. The first-order chi connectivity index (χ1) is 18.4. The van der Waals surface area contributed by atoms with Gasteiger partial charge in [-0.1, -0.05) is 43.5 Å². The topological polar surface area (TPSA) is 53.1 Å². The number of hydrogen-bond donors (Lipinski definition) is 0. The molecule has 0 radical (unpaired) electrons. The first-order valence-corrected chi connectivity index (χ1v) is 14.5. The minimum Gasteiger partial charge on any atom is -0.494 e. The molecular weight excluding hydrogens is 474 g/mol. The Morgan fingerprint density at radius 1 is 0.947 bits per heavy atom. The van der Waals surface area contributed by atoms with Crippen molar-refractivity contribution in [1.82, 2.24) is 9.80 Å². The van der Waals surface area contributed by atoms with E-state index in [2.05, 4.69) is 48.8 Å². The van der Waals surface area contributed by atoms with Gasteiger partial charge in [0.05, 0.1) is 12.3 Å². The Morgan fingerprint density at radius 3 is 2.45 bits per heavy atom. The maximum absolute atomic E-state index is 14.0. The van der Waals surface area contributed by atoms with Crippen LogP contribution in [0.3, 0.4) is 0 Å². The van der Waals surface area contributed by atoms with E-state index in [0.29, 0.717) is 43.6 Å². The van der Waals surface area contributed by atoms with Gasteiger partial charge in [0.15, 0.2) is 0 Å². The molecule has 38 heavy (non-hydrogen) atoms. The van der Waals surface area contributed by atoms with Crippen LogP contribution in [-0.4, -0.2) is 60.4 Å². The Morgan fingerprint density at radius 2 is 1.71 bits per heavy atom. The highest BCUT2D eigenvalue weighted by molar-refractivity contribution is 5.97. The maximum atomic E-state index is 14.0. The van der Waals surface area contributed by atoms with E-state index < -0.39 is 0 Å². The Balaban J connectivity index is 1.72. The second-order valence-corrected chi connectivity index (χ2v) is 11.1. The number of benzene rings is 2. The molecule has 2 aromatic rings. The number of carbonyl (C=O) groups excluding carboxylic acids is 2. The summed E-state index contributed by atoms with van der Waals surface area (Å²) < 4.78 is 5.68. The van der Waals surface area contributed by atoms with Crippen LogP contribution in [0.25, 0.3) is 0 Å². The number of aryl methyl sites for hydroxylation is 1. The molecule has 206 valence electrons. The molecule has 0 bridgehead atoms. The highest BCUT2D eigenvalue weighted by atomic mass is 16.5. The lowest BCUT2D eigenvalue weighted by atomic mass is 9.87. The van der Waals surface area contributed by atoms with Gasteiger partial charge in [-0.15, -0.1) is 0 Å². The van der Waals surface area contributed by atoms with Crippen LogP contribution in [-0.2, 0) is 11.3 Å². The molecule has 1 fully saturated rings. The van der Waals surface area contributed by atoms with Crippen molar-refractivity contribution in [1.29, 1.82) is 0 Å². The summed E-state index contributed by atoms with van der Waals surface area (Å²) in [5.74, 6) is 1.06. The molecule has 6 heteroatoms. The molecule has 1 heterocycles. The zero-order chi connectivity index (χ0) is 27.1. The lowest BCUT2D eigenvalue weighted by Gasteiger charge is -2.33. The average molecular weight is 520 g/mol. The van der Waals surface area contributed by atoms with Gasteiger partial charge >= 0.3 is 0 Å². The summed E-state index contributed by atoms with van der Waals surface area (Å²) in [5, 5.41) is 0. The minimum absolute atomic E-state index is 0.00730. The molecule has 6 nitrogen and oxygen atoms in total. The van der Waals surface area contributed by atoms with Crippen LogP contribution < -0.4 is 9.64 Å². The fourth-order valence-corrected chi connectivity index (χ4v) is 5.97. The standard InChI is InChI=1S/C32H45N3O3/c1-5-38-29-17-10-15-27(22-29)31(36)34-21-20-33(24(2)3)18-11-19-35(32(37)26-13-7-6-8-14-26)30-25(4)12-9-16-28(30)23-34/h9-10,12,15-17,22,24,26H,5-8,11,13-14,18-21,23H2,1-4H3. The third-order valence-corrected chi connectivity index (χ3v) is 8.07. The molecule has 0 unspecified atom stereocenters. The molecule has 4 rings (SSSR count). The predicted molar refractivity (Wildman–Crippen MR) is 154 cm³/mol. The van der Waals surface area contributed by atoms with E-state index >= 15 is 0 Å². The van der Waals surface area contributed by atoms with E-state index in [0.717, 1.165) is 62.0 Å². The molecule has 1 aliphatic carbocycles. The van der Waals surface area contributed by atoms with Crippen molar-refractivity contribution in [2.45, 2.75) is 78.8 Å². The van der Waals surface area contributed by atoms with Crippen LogP contribution in [0.4, 0.5) is 5.69 Å². The summed E-state index contributed by atoms with van der Waals surface area (Å²) in [6, 6.07) is 14.1. The molecule has 0 spiro atoms. The number of para-hydroxylation sites is 1. The van der Waals surface area contributed by atoms with Gasteiger partial charge < -0.3 is 14.5 Å². The summed E-state index contributed by atoms with van der Waals surface area (Å²) in [5.41, 5.74) is 3.77. The quantitative estimate of drug-likeness (QED) is 0.482. The number of fused-ring (bicyclic) bond motifs is 1. The van der Waals surface area contributed by atoms with Gasteiger partial charge in [0.25, 0.3) is 5.91 Å². The largest absolute Gasteiger partial charge is 0.494 e. The summed E-state index contributed by atoms with van der Waals surface area (Å²) in [4.78, 5) is 34.4. The number of carbonyl (C=O) groups is 2. The van der Waals surface area contributed by atoms with Crippen LogP contribution in [0.2, 0.25) is 0 Å². The number of rotatable bonds is 5. The molecule has 0 aromatic heterocycles. The molecule has 0 saturated heterocycles. The van der Waals surface area contributed by atoms with Crippen molar-refractivity contribution in [2.75, 3.05) is 37.7 Å². The second kappa shape index (κ2) is 13.3. The molecule has 2 aliphatic rings. The molecule has 0 atom stereocenters. The number of anilines is 1. The molecule has 1 aliphatic heterocycles. The van der Waals surface area contributed by atoms with Gasteiger partial charge in [0.2, 0.25) is 5.91 Å². The molecular formula is C32H45N3O3. The summed E-state index contributed by atoms with van der Waals surface area (Å²) in [6.07, 6.45) is 6.37. The van der Waals surface area contributed by atoms with Crippen LogP contribution in [0.15, 0.2) is 42.5 Å². The minimum atomic E-state index is -0.00730. The Labute approximate surface area is 228 Å². The fourth-order valence-electron chi connectivity index (χ4n) is 5.97. The van der Waals surface area contributed by atoms with E-state index in [1.54, 1.807) is 0 Å². The van der Waals surface area contributed by atoms with E-state index in [1.165, 1.54) is 6.42 Å². The lowest BCUT2D eigenvalue weighted by molar-refractivity contribution is -0.123. The third kappa shape index (κ3) is 6.76. The monoisotopic (exact) mass is 519 g/mol. The number of nitrogens with zero attached hydrogens (tertiary/aromatic N) is 3. The average Bonchev–Trinajstić information content (AvgIpc) is 2.96. The van der Waals surface area contributed by atoms with Gasteiger partial charge in [-0.3, -0.25) is 14.5 Å². The summed E-state index contributed by atoms with van der Waals surface area (Å²) in [6.45, 7) is 12.5. The van der Waals surface area contributed by atoms with E-state index in [-0.39, 0.29) is 17.7 Å². The Bertz CT molecular complexity index is 1090. The first-order valence-electron chi connectivity index (χ1n) is 14.5. The summed E-state index contributed by atoms with van der Waals surface area (Å²) >= 11 is 0. The smallest absolute Gasteiger partial charge is 0.254 e. The zero-order valence-corrected chi connectivity index (χ0v) is 23.7. The van der Waals surface area contributed by atoms with Crippen molar-refractivity contribution < 1.29 is 14.3 Å². The van der Waals surface area contributed by atoms with Crippen LogP contribution in [0.1, 0.15) is 80.8 Å². The normalized spacial score (nSPS) is 18.1. The van der Waals surface area contributed by atoms with Gasteiger partial charge in [-0.2, -0.15) is 0 Å². The Hall–Kier alpha value is -2.86. The van der Waals surface area contributed by atoms with Crippen LogP contribution in [0, 0.1) is 12.8 Å². The SMILES string of the molecule is CCOc1cccc(C(=O)N2CCN(C(C)C)CCCN(C(=O)C3CCCCC3)c3c(C)cccc3C2)c1. The van der Waals surface area contributed by atoms with Gasteiger partial charge in [0, 0.05) is 50.2 Å². The second-order valence-electron chi connectivity index (χ2n) is 11.1. The maximum Gasteiger partial charge on any atom is 0.254 e. The summed E-state index contributed by atoms with van der Waals surface area (Å²) in [7, 11) is 0. The van der Waals surface area contributed by atoms with Crippen LogP contribution in [0.5, 0.6) is 5.75 Å². The van der Waals surface area contributed by atoms with Crippen LogP contribution >= 0.6 is 0 Å². The number of hydrogen-bond acceptors (Lipinski definition) is 4. The number of ether oxygens (including phenoxy) is 1. The fraction of sp³-hybridized carbons (Fsp3) is 0.562. The third-order valence-electron chi connectivity index (χ3n) is 8.07. The lowest BCUT2D eigenvalue weighted by Crippen LogP contribution is -2.41.